The van der Waals surface area contributed by atoms with Crippen LogP contribution in [0.2, 0.25) is 0 Å². The van der Waals surface area contributed by atoms with Crippen LogP contribution in [0.1, 0.15) is 22.3 Å². The monoisotopic (exact) mass is 1060 g/mol. The molecule has 2 aliphatic carbocycles. The minimum atomic E-state index is 0.966. The second-order valence-corrected chi connectivity index (χ2v) is 22.4. The summed E-state index contributed by atoms with van der Waals surface area (Å²) in [6, 6.07) is 109. The molecule has 3 nitrogen and oxygen atoms in total. The fourth-order valence-corrected chi connectivity index (χ4v) is 13.8. The maximum atomic E-state index is 2.41. The summed E-state index contributed by atoms with van der Waals surface area (Å²) in [5.41, 5.74) is 29.5. The Morgan fingerprint density at radius 1 is 0.181 bits per heavy atom. The van der Waals surface area contributed by atoms with Crippen molar-refractivity contribution in [3.05, 3.63) is 320 Å². The molecule has 18 rings (SSSR count). The molecule has 0 saturated carbocycles. The van der Waals surface area contributed by atoms with E-state index in [1.807, 2.05) is 0 Å². The highest BCUT2D eigenvalue weighted by atomic mass is 15.0. The van der Waals surface area contributed by atoms with Gasteiger partial charge < -0.3 is 13.7 Å². The first-order valence-corrected chi connectivity index (χ1v) is 28.9. The number of para-hydroxylation sites is 6. The van der Waals surface area contributed by atoms with Crippen molar-refractivity contribution in [1.29, 1.82) is 0 Å². The summed E-state index contributed by atoms with van der Waals surface area (Å²) in [5, 5.41) is 7.69. The van der Waals surface area contributed by atoms with Crippen LogP contribution in [0.5, 0.6) is 0 Å². The van der Waals surface area contributed by atoms with Gasteiger partial charge in [-0.2, -0.15) is 0 Å². The summed E-state index contributed by atoms with van der Waals surface area (Å²) >= 11 is 0. The van der Waals surface area contributed by atoms with Crippen molar-refractivity contribution < 1.29 is 0 Å². The molecule has 0 saturated heterocycles. The van der Waals surface area contributed by atoms with Gasteiger partial charge in [0.05, 0.1) is 33.1 Å². The molecule has 0 spiro atoms. The van der Waals surface area contributed by atoms with Gasteiger partial charge >= 0.3 is 0 Å². The lowest BCUT2D eigenvalue weighted by molar-refractivity contribution is 1.18. The van der Waals surface area contributed by atoms with Crippen LogP contribution in [-0.4, -0.2) is 13.7 Å². The average Bonchev–Trinajstić information content (AvgIpc) is 2.69. The van der Waals surface area contributed by atoms with E-state index in [2.05, 4.69) is 311 Å². The third kappa shape index (κ3) is 7.66. The Balaban J connectivity index is 0.000000146. The molecule has 3 heterocycles. The van der Waals surface area contributed by atoms with Crippen LogP contribution in [0.3, 0.4) is 0 Å². The van der Waals surface area contributed by atoms with Crippen LogP contribution in [0.25, 0.3) is 138 Å². The van der Waals surface area contributed by atoms with Crippen LogP contribution >= 0.6 is 0 Å². The number of rotatable bonds is 6. The van der Waals surface area contributed by atoms with E-state index in [-0.39, 0.29) is 0 Å². The second kappa shape index (κ2) is 18.9. The largest absolute Gasteiger partial charge is 0.309 e. The molecule has 16 aromatic rings. The van der Waals surface area contributed by atoms with E-state index in [4.69, 9.17) is 0 Å². The molecule has 0 atom stereocenters. The molecule has 0 amide bonds. The summed E-state index contributed by atoms with van der Waals surface area (Å²) in [6.45, 7) is 0. The number of nitrogens with zero attached hydrogens (tertiary/aromatic N) is 3. The highest BCUT2D eigenvalue weighted by molar-refractivity contribution is 6.12. The quantitative estimate of drug-likeness (QED) is 0.158. The van der Waals surface area contributed by atoms with Crippen molar-refractivity contribution >= 4 is 65.4 Å². The molecular weight excluding hydrogens is 1000 g/mol. The molecule has 0 fully saturated rings. The number of hydrogen-bond donors (Lipinski definition) is 0. The van der Waals surface area contributed by atoms with E-state index in [1.54, 1.807) is 0 Å². The van der Waals surface area contributed by atoms with Crippen molar-refractivity contribution in [2.75, 3.05) is 0 Å². The lowest BCUT2D eigenvalue weighted by Crippen LogP contribution is -1.93. The van der Waals surface area contributed by atoms with Crippen molar-refractivity contribution in [3.8, 4) is 72.7 Å². The van der Waals surface area contributed by atoms with Crippen LogP contribution in [0.4, 0.5) is 0 Å². The molecule has 2 aliphatic rings. The minimum absolute atomic E-state index is 0.966. The molecule has 3 aromatic heterocycles. The maximum absolute atomic E-state index is 2.41. The molecule has 83 heavy (non-hydrogen) atoms. The lowest BCUT2D eigenvalue weighted by atomic mass is 9.95. The first-order valence-electron chi connectivity index (χ1n) is 28.9. The molecular formula is C80H53N3. The Morgan fingerprint density at radius 3 is 0.819 bits per heavy atom. The number of aromatic nitrogens is 3. The van der Waals surface area contributed by atoms with Gasteiger partial charge in [-0.15, -0.1) is 0 Å². The van der Waals surface area contributed by atoms with Gasteiger partial charge in [0, 0.05) is 49.4 Å². The predicted molar refractivity (Wildman–Crippen MR) is 349 cm³/mol. The first-order chi connectivity index (χ1) is 41.1. The standard InChI is InChI=1S/C49H32N2.C31H21N/c1-3-11-38(12-4-1)50-46-17-9-7-15-40(46)42-25-23-34(30-48(42)50)32-19-21-36-27-37-22-20-33(29-45(37)44(36)28-32)35-24-26-43-41-16-8-10-18-47(41)51(49(43)31-35)39-13-5-2-6-14-39;1-2-9-25(10-3-1)32-30-13-7-6-12-27(30)28-17-16-22(20-31(28)32)21-14-15-24-18-23-8-4-5-11-26(23)29(24)19-21/h1-26,28-31H,27H2;1-17,19-20H,18H2. The minimum Gasteiger partial charge on any atom is -0.309 e. The molecule has 388 valence electrons. The Labute approximate surface area is 481 Å². The summed E-state index contributed by atoms with van der Waals surface area (Å²) in [4.78, 5) is 0. The second-order valence-electron chi connectivity index (χ2n) is 22.4. The molecule has 0 N–H and O–H groups in total. The van der Waals surface area contributed by atoms with Crippen LogP contribution in [0, 0.1) is 0 Å². The van der Waals surface area contributed by atoms with Crippen LogP contribution in [0.15, 0.2) is 297 Å². The number of benzene rings is 13. The van der Waals surface area contributed by atoms with E-state index in [9.17, 15) is 0 Å². The van der Waals surface area contributed by atoms with E-state index < -0.39 is 0 Å². The van der Waals surface area contributed by atoms with Crippen molar-refractivity contribution in [1.82, 2.24) is 13.7 Å². The van der Waals surface area contributed by atoms with Crippen molar-refractivity contribution in [3.63, 3.8) is 0 Å². The summed E-state index contributed by atoms with van der Waals surface area (Å²) in [6.07, 6.45) is 2.00. The summed E-state index contributed by atoms with van der Waals surface area (Å²) in [5.74, 6) is 0. The molecule has 0 unspecified atom stereocenters. The van der Waals surface area contributed by atoms with E-state index in [1.165, 1.54) is 160 Å². The van der Waals surface area contributed by atoms with E-state index in [0.29, 0.717) is 0 Å². The van der Waals surface area contributed by atoms with Gasteiger partial charge in [-0.3, -0.25) is 0 Å². The van der Waals surface area contributed by atoms with Gasteiger partial charge in [0.1, 0.15) is 0 Å². The zero-order valence-corrected chi connectivity index (χ0v) is 45.5. The van der Waals surface area contributed by atoms with Crippen LogP contribution < -0.4 is 0 Å². The SMILES string of the molecule is c1ccc(-n2c3ccccc3c3ccc(-c4ccc5c(c4)-c4cc(-c6ccc7c8ccccc8n(-c8ccccc8)c7c6)ccc4C5)cc32)cc1.c1ccc(-n2c3ccccc3c3ccc(-c4ccc5c(c4)-c4ccccc4C5)cc32)cc1. The highest BCUT2D eigenvalue weighted by Gasteiger charge is 2.23. The Bertz CT molecular complexity index is 5040. The molecule has 0 radical (unpaired) electrons. The van der Waals surface area contributed by atoms with E-state index >= 15 is 0 Å². The van der Waals surface area contributed by atoms with Crippen LogP contribution in [-0.2, 0) is 12.8 Å². The average molecular weight is 1060 g/mol. The lowest BCUT2D eigenvalue weighted by Gasteiger charge is -2.11. The fourth-order valence-electron chi connectivity index (χ4n) is 13.8. The topological polar surface area (TPSA) is 14.8 Å². The maximum Gasteiger partial charge on any atom is 0.0547 e. The zero-order chi connectivity index (χ0) is 54.5. The third-order valence-electron chi connectivity index (χ3n) is 17.8. The molecule has 0 aliphatic heterocycles. The van der Waals surface area contributed by atoms with Gasteiger partial charge in [0.15, 0.2) is 0 Å². The molecule has 13 aromatic carbocycles. The summed E-state index contributed by atoms with van der Waals surface area (Å²) < 4.78 is 7.19. The summed E-state index contributed by atoms with van der Waals surface area (Å²) in [7, 11) is 0. The predicted octanol–water partition coefficient (Wildman–Crippen LogP) is 20.8. The smallest absolute Gasteiger partial charge is 0.0547 e. The Morgan fingerprint density at radius 2 is 0.446 bits per heavy atom. The van der Waals surface area contributed by atoms with Crippen molar-refractivity contribution in [2.45, 2.75) is 12.8 Å². The number of hydrogen-bond acceptors (Lipinski definition) is 0. The van der Waals surface area contributed by atoms with Gasteiger partial charge in [-0.1, -0.05) is 206 Å². The Kier molecular flexibility index (Phi) is 10.8. The van der Waals surface area contributed by atoms with E-state index in [0.717, 1.165) is 12.8 Å². The fraction of sp³-hybridized carbons (Fsp3) is 0.0250. The third-order valence-corrected chi connectivity index (χ3v) is 17.8. The highest BCUT2D eigenvalue weighted by Crippen LogP contribution is 2.45. The molecule has 0 bridgehead atoms. The number of fused-ring (bicyclic) bond motifs is 15. The van der Waals surface area contributed by atoms with Crippen molar-refractivity contribution in [2.24, 2.45) is 0 Å². The van der Waals surface area contributed by atoms with Gasteiger partial charge in [0.2, 0.25) is 0 Å². The molecule has 3 heteroatoms. The van der Waals surface area contributed by atoms with Gasteiger partial charge in [-0.25, -0.2) is 0 Å². The Hall–Kier alpha value is -10.7. The van der Waals surface area contributed by atoms with Gasteiger partial charge in [-0.05, 0) is 182 Å². The van der Waals surface area contributed by atoms with Gasteiger partial charge in [0.25, 0.3) is 0 Å². The zero-order valence-electron chi connectivity index (χ0n) is 45.5. The first kappa shape index (κ1) is 47.1. The normalized spacial score (nSPS) is 12.2.